The van der Waals surface area contributed by atoms with Crippen molar-refractivity contribution < 1.29 is 0 Å². The molecular formula is C15H23N. The first-order valence-corrected chi connectivity index (χ1v) is 6.71. The molecule has 2 rings (SSSR count). The Morgan fingerprint density at radius 2 is 1.69 bits per heavy atom. The third kappa shape index (κ3) is 2.85. The zero-order valence-corrected chi connectivity index (χ0v) is 10.2. The first-order valence-electron chi connectivity index (χ1n) is 6.71. The fraction of sp³-hybridized carbons (Fsp3) is 0.600. The summed E-state index contributed by atoms with van der Waals surface area (Å²) in [6, 6.07) is 6.80. The van der Waals surface area contributed by atoms with E-state index in [2.05, 4.69) is 18.2 Å². The highest BCUT2D eigenvalue weighted by Gasteiger charge is 2.09. The molecule has 1 aromatic carbocycles. The van der Waals surface area contributed by atoms with Crippen LogP contribution in [0.4, 0.5) is 0 Å². The van der Waals surface area contributed by atoms with Crippen LogP contribution in [0, 0.1) is 0 Å². The summed E-state index contributed by atoms with van der Waals surface area (Å²) in [7, 11) is 0. The van der Waals surface area contributed by atoms with E-state index in [0.29, 0.717) is 0 Å². The molecule has 0 heterocycles. The topological polar surface area (TPSA) is 26.0 Å². The Morgan fingerprint density at radius 3 is 2.50 bits per heavy atom. The molecule has 0 saturated heterocycles. The quantitative estimate of drug-likeness (QED) is 0.808. The van der Waals surface area contributed by atoms with Crippen LogP contribution in [-0.4, -0.2) is 6.54 Å². The molecule has 0 atom stereocenters. The van der Waals surface area contributed by atoms with Gasteiger partial charge in [-0.25, -0.2) is 0 Å². The predicted octanol–water partition coefficient (Wildman–Crippen LogP) is 3.24. The van der Waals surface area contributed by atoms with Crippen molar-refractivity contribution in [2.24, 2.45) is 5.73 Å². The van der Waals surface area contributed by atoms with Gasteiger partial charge < -0.3 is 5.73 Å². The van der Waals surface area contributed by atoms with Gasteiger partial charge in [0.15, 0.2) is 0 Å². The maximum absolute atomic E-state index is 5.69. The second-order valence-corrected chi connectivity index (χ2v) is 4.86. The average Bonchev–Trinajstić information content (AvgIpc) is 2.41. The van der Waals surface area contributed by atoms with E-state index in [9.17, 15) is 0 Å². The van der Waals surface area contributed by atoms with Crippen LogP contribution in [-0.2, 0) is 19.3 Å². The molecule has 0 spiro atoms. The third-order valence-corrected chi connectivity index (χ3v) is 3.66. The van der Waals surface area contributed by atoms with Gasteiger partial charge in [0.05, 0.1) is 0 Å². The van der Waals surface area contributed by atoms with E-state index in [1.165, 1.54) is 50.5 Å². The number of hydrogen-bond acceptors (Lipinski definition) is 1. The van der Waals surface area contributed by atoms with E-state index < -0.39 is 0 Å². The lowest BCUT2D eigenvalue weighted by Gasteiger charge is -2.13. The van der Waals surface area contributed by atoms with Crippen LogP contribution < -0.4 is 5.73 Å². The highest BCUT2D eigenvalue weighted by molar-refractivity contribution is 5.36. The van der Waals surface area contributed by atoms with Crippen molar-refractivity contribution >= 4 is 0 Å². The number of hydrogen-bond donors (Lipinski definition) is 1. The summed E-state index contributed by atoms with van der Waals surface area (Å²) in [4.78, 5) is 0. The summed E-state index contributed by atoms with van der Waals surface area (Å²) in [5.74, 6) is 0. The standard InChI is InChI=1S/C15H23N/c16-12-11-14-9-6-8-13-7-4-2-1-3-5-10-15(13)14/h6,8-9H,1-5,7,10-12,16H2. The van der Waals surface area contributed by atoms with Gasteiger partial charge >= 0.3 is 0 Å². The minimum atomic E-state index is 0.774. The van der Waals surface area contributed by atoms with E-state index >= 15 is 0 Å². The summed E-state index contributed by atoms with van der Waals surface area (Å²) >= 11 is 0. The Kier molecular flexibility index (Phi) is 4.41. The average molecular weight is 217 g/mol. The minimum Gasteiger partial charge on any atom is -0.330 e. The molecule has 1 heteroatoms. The maximum atomic E-state index is 5.69. The largest absolute Gasteiger partial charge is 0.330 e. The van der Waals surface area contributed by atoms with Crippen LogP contribution in [0.15, 0.2) is 18.2 Å². The zero-order valence-electron chi connectivity index (χ0n) is 10.2. The summed E-state index contributed by atoms with van der Waals surface area (Å²) in [6.07, 6.45) is 10.5. The van der Waals surface area contributed by atoms with Gasteiger partial charge in [0.1, 0.15) is 0 Å². The number of fused-ring (bicyclic) bond motifs is 1. The van der Waals surface area contributed by atoms with Gasteiger partial charge in [-0.2, -0.15) is 0 Å². The molecule has 16 heavy (non-hydrogen) atoms. The van der Waals surface area contributed by atoms with Crippen molar-refractivity contribution in [2.75, 3.05) is 6.54 Å². The van der Waals surface area contributed by atoms with Gasteiger partial charge in [0.2, 0.25) is 0 Å². The van der Waals surface area contributed by atoms with Crippen molar-refractivity contribution in [2.45, 2.75) is 51.4 Å². The predicted molar refractivity (Wildman–Crippen MR) is 69.7 cm³/mol. The fourth-order valence-corrected chi connectivity index (χ4v) is 2.78. The van der Waals surface area contributed by atoms with Crippen LogP contribution in [0.2, 0.25) is 0 Å². The number of benzene rings is 1. The second kappa shape index (κ2) is 6.05. The number of aryl methyl sites for hydroxylation is 1. The van der Waals surface area contributed by atoms with E-state index in [-0.39, 0.29) is 0 Å². The van der Waals surface area contributed by atoms with Crippen LogP contribution >= 0.6 is 0 Å². The van der Waals surface area contributed by atoms with Gasteiger partial charge in [-0.15, -0.1) is 0 Å². The lowest BCUT2D eigenvalue weighted by Crippen LogP contribution is -2.07. The van der Waals surface area contributed by atoms with E-state index in [1.54, 1.807) is 11.1 Å². The molecule has 0 amide bonds. The normalized spacial score (nSPS) is 17.1. The number of rotatable bonds is 2. The van der Waals surface area contributed by atoms with Crippen LogP contribution in [0.3, 0.4) is 0 Å². The summed E-state index contributed by atoms with van der Waals surface area (Å²) in [6.45, 7) is 0.774. The molecule has 0 fully saturated rings. The SMILES string of the molecule is NCCc1cccc2c1CCCCCCC2. The Morgan fingerprint density at radius 1 is 0.938 bits per heavy atom. The Bertz CT molecular complexity index is 330. The summed E-state index contributed by atoms with van der Waals surface area (Å²) < 4.78 is 0. The molecule has 1 aromatic rings. The Labute approximate surface area is 99.0 Å². The molecule has 1 aliphatic carbocycles. The highest BCUT2D eigenvalue weighted by Crippen LogP contribution is 2.23. The molecule has 0 unspecified atom stereocenters. The molecule has 0 bridgehead atoms. The van der Waals surface area contributed by atoms with Gasteiger partial charge in [-0.1, -0.05) is 37.5 Å². The summed E-state index contributed by atoms with van der Waals surface area (Å²) in [5, 5.41) is 0. The highest BCUT2D eigenvalue weighted by atomic mass is 14.5. The van der Waals surface area contributed by atoms with Crippen molar-refractivity contribution in [3.05, 3.63) is 34.9 Å². The maximum Gasteiger partial charge on any atom is -0.00366 e. The Balaban J connectivity index is 2.25. The van der Waals surface area contributed by atoms with Gasteiger partial charge in [0.25, 0.3) is 0 Å². The molecule has 88 valence electrons. The van der Waals surface area contributed by atoms with E-state index in [1.807, 2.05) is 0 Å². The first kappa shape index (κ1) is 11.7. The zero-order chi connectivity index (χ0) is 11.2. The molecule has 0 aliphatic heterocycles. The van der Waals surface area contributed by atoms with Gasteiger partial charge in [-0.05, 0) is 55.3 Å². The van der Waals surface area contributed by atoms with Crippen molar-refractivity contribution in [1.82, 2.24) is 0 Å². The number of nitrogens with two attached hydrogens (primary N) is 1. The van der Waals surface area contributed by atoms with Crippen molar-refractivity contribution in [3.63, 3.8) is 0 Å². The smallest absolute Gasteiger partial charge is 0.00366 e. The van der Waals surface area contributed by atoms with E-state index in [4.69, 9.17) is 5.73 Å². The molecular weight excluding hydrogens is 194 g/mol. The fourth-order valence-electron chi connectivity index (χ4n) is 2.78. The van der Waals surface area contributed by atoms with Crippen molar-refractivity contribution in [3.8, 4) is 0 Å². The second-order valence-electron chi connectivity index (χ2n) is 4.86. The third-order valence-electron chi connectivity index (χ3n) is 3.66. The molecule has 1 aliphatic rings. The first-order chi connectivity index (χ1) is 7.92. The lowest BCUT2D eigenvalue weighted by molar-refractivity contribution is 0.629. The lowest BCUT2D eigenvalue weighted by atomic mass is 9.93. The molecule has 0 aromatic heterocycles. The van der Waals surface area contributed by atoms with Crippen LogP contribution in [0.5, 0.6) is 0 Å². The van der Waals surface area contributed by atoms with Gasteiger partial charge in [0, 0.05) is 0 Å². The minimum absolute atomic E-state index is 0.774. The molecule has 0 radical (unpaired) electrons. The van der Waals surface area contributed by atoms with Gasteiger partial charge in [-0.3, -0.25) is 0 Å². The molecule has 2 N–H and O–H groups in total. The van der Waals surface area contributed by atoms with Crippen LogP contribution in [0.1, 0.15) is 48.8 Å². The van der Waals surface area contributed by atoms with E-state index in [0.717, 1.165) is 13.0 Å². The molecule has 0 saturated carbocycles. The van der Waals surface area contributed by atoms with Crippen LogP contribution in [0.25, 0.3) is 0 Å². The monoisotopic (exact) mass is 217 g/mol. The Hall–Kier alpha value is -0.820. The van der Waals surface area contributed by atoms with Crippen molar-refractivity contribution in [1.29, 1.82) is 0 Å². The molecule has 1 nitrogen and oxygen atoms in total. The summed E-state index contributed by atoms with van der Waals surface area (Å²) in [5.41, 5.74) is 10.4.